The van der Waals surface area contributed by atoms with Gasteiger partial charge in [0.05, 0.1) is 18.0 Å². The number of aliphatic hydroxyl groups is 1. The van der Waals surface area contributed by atoms with E-state index in [2.05, 4.69) is 9.97 Å². The summed E-state index contributed by atoms with van der Waals surface area (Å²) in [6, 6.07) is 0. The normalized spacial score (nSPS) is 12.9. The Kier molecular flexibility index (Phi) is 3.91. The maximum Gasteiger partial charge on any atom is 0.166 e. The molecule has 0 bridgehead atoms. The van der Waals surface area contributed by atoms with Crippen molar-refractivity contribution in [1.82, 2.24) is 9.97 Å². The predicted molar refractivity (Wildman–Crippen MR) is 50.2 cm³/mol. The molecule has 0 saturated carbocycles. The fraction of sp³-hybridized carbons (Fsp3) is 0.556. The molecule has 0 spiro atoms. The van der Waals surface area contributed by atoms with Crippen molar-refractivity contribution in [3.63, 3.8) is 0 Å². The Morgan fingerprint density at radius 3 is 2.79 bits per heavy atom. The summed E-state index contributed by atoms with van der Waals surface area (Å²) in [7, 11) is 0. The number of aliphatic hydroxyl groups excluding tert-OH is 1. The molecule has 0 saturated heterocycles. The molecule has 0 radical (unpaired) electrons. The number of rotatable bonds is 4. The zero-order chi connectivity index (χ0) is 10.6. The minimum atomic E-state index is -0.445. The second-order valence-corrected chi connectivity index (χ2v) is 2.99. The van der Waals surface area contributed by atoms with E-state index in [1.165, 1.54) is 6.33 Å². The lowest BCUT2D eigenvalue weighted by molar-refractivity contribution is 0.262. The molecule has 0 aliphatic carbocycles. The number of hydrogen-bond donors (Lipinski definition) is 2. The van der Waals surface area contributed by atoms with Gasteiger partial charge in [0, 0.05) is 12.5 Å². The summed E-state index contributed by atoms with van der Waals surface area (Å²) in [5.41, 5.74) is 5.96. The van der Waals surface area contributed by atoms with E-state index >= 15 is 0 Å². The molecule has 1 aromatic rings. The van der Waals surface area contributed by atoms with Crippen molar-refractivity contribution in [3.8, 4) is 0 Å². The lowest BCUT2D eigenvalue weighted by atomic mass is 10.1. The highest BCUT2D eigenvalue weighted by atomic mass is 19.1. The van der Waals surface area contributed by atoms with Gasteiger partial charge in [-0.1, -0.05) is 6.92 Å². The summed E-state index contributed by atoms with van der Waals surface area (Å²) in [4.78, 5) is 7.60. The van der Waals surface area contributed by atoms with Gasteiger partial charge in [-0.25, -0.2) is 14.4 Å². The Morgan fingerprint density at radius 1 is 1.57 bits per heavy atom. The van der Waals surface area contributed by atoms with E-state index in [4.69, 9.17) is 10.8 Å². The van der Waals surface area contributed by atoms with E-state index in [9.17, 15) is 4.39 Å². The van der Waals surface area contributed by atoms with Gasteiger partial charge in [-0.2, -0.15) is 0 Å². The molecule has 5 heteroatoms. The average molecular weight is 199 g/mol. The molecule has 4 nitrogen and oxygen atoms in total. The van der Waals surface area contributed by atoms with Crippen molar-refractivity contribution in [1.29, 1.82) is 0 Å². The zero-order valence-electron chi connectivity index (χ0n) is 8.07. The van der Waals surface area contributed by atoms with E-state index in [0.717, 1.165) is 0 Å². The number of aromatic nitrogens is 2. The number of halogens is 1. The molecule has 1 rings (SSSR count). The fourth-order valence-corrected chi connectivity index (χ4v) is 1.23. The first-order valence-corrected chi connectivity index (χ1v) is 4.54. The van der Waals surface area contributed by atoms with E-state index in [1.807, 2.05) is 6.92 Å². The van der Waals surface area contributed by atoms with Crippen LogP contribution in [-0.2, 0) is 6.42 Å². The summed E-state index contributed by atoms with van der Waals surface area (Å²) in [6.07, 6.45) is 1.81. The van der Waals surface area contributed by atoms with Crippen LogP contribution in [-0.4, -0.2) is 28.2 Å². The first-order chi connectivity index (χ1) is 6.74. The quantitative estimate of drug-likeness (QED) is 0.727. The minimum Gasteiger partial charge on any atom is -0.396 e. The molecule has 14 heavy (non-hydrogen) atoms. The molecule has 0 aromatic carbocycles. The standard InChI is InChI=1S/C9H14FN3O/c1-2-7-8(10)9(13-5-12-7)6(3-11)4-14/h5-6,14H,2-4,11H2,1H3. The van der Waals surface area contributed by atoms with Crippen LogP contribution in [0.15, 0.2) is 6.33 Å². The molecule has 78 valence electrons. The number of nitrogens with zero attached hydrogens (tertiary/aromatic N) is 2. The molecule has 1 aromatic heterocycles. The van der Waals surface area contributed by atoms with Crippen molar-refractivity contribution in [2.45, 2.75) is 19.3 Å². The van der Waals surface area contributed by atoms with Gasteiger partial charge in [0.2, 0.25) is 0 Å². The van der Waals surface area contributed by atoms with Crippen LogP contribution < -0.4 is 5.73 Å². The van der Waals surface area contributed by atoms with Crippen LogP contribution >= 0.6 is 0 Å². The lowest BCUT2D eigenvalue weighted by Crippen LogP contribution is -2.19. The van der Waals surface area contributed by atoms with Crippen LogP contribution in [0.4, 0.5) is 4.39 Å². The van der Waals surface area contributed by atoms with E-state index in [-0.39, 0.29) is 18.8 Å². The van der Waals surface area contributed by atoms with Crippen molar-refractivity contribution < 1.29 is 9.50 Å². The van der Waals surface area contributed by atoms with Crippen molar-refractivity contribution in [3.05, 3.63) is 23.5 Å². The van der Waals surface area contributed by atoms with Gasteiger partial charge in [0.1, 0.15) is 6.33 Å². The maximum absolute atomic E-state index is 13.6. The molecule has 0 aliphatic heterocycles. The van der Waals surface area contributed by atoms with E-state index in [0.29, 0.717) is 12.1 Å². The largest absolute Gasteiger partial charge is 0.396 e. The number of nitrogens with two attached hydrogens (primary N) is 1. The maximum atomic E-state index is 13.6. The van der Waals surface area contributed by atoms with E-state index < -0.39 is 11.7 Å². The second kappa shape index (κ2) is 4.97. The average Bonchev–Trinajstić information content (AvgIpc) is 2.22. The fourth-order valence-electron chi connectivity index (χ4n) is 1.23. The van der Waals surface area contributed by atoms with Gasteiger partial charge in [-0.15, -0.1) is 0 Å². The third-order valence-corrected chi connectivity index (χ3v) is 2.12. The smallest absolute Gasteiger partial charge is 0.166 e. The minimum absolute atomic E-state index is 0.174. The molecule has 0 amide bonds. The Hall–Kier alpha value is -1.07. The molecular weight excluding hydrogens is 185 g/mol. The number of hydrogen-bond acceptors (Lipinski definition) is 4. The highest BCUT2D eigenvalue weighted by Crippen LogP contribution is 2.16. The zero-order valence-corrected chi connectivity index (χ0v) is 8.07. The molecule has 0 fully saturated rings. The molecular formula is C9H14FN3O. The van der Waals surface area contributed by atoms with Gasteiger partial charge in [0.15, 0.2) is 5.82 Å². The third-order valence-electron chi connectivity index (χ3n) is 2.12. The molecule has 0 aliphatic rings. The van der Waals surface area contributed by atoms with Gasteiger partial charge in [0.25, 0.3) is 0 Å². The summed E-state index contributed by atoms with van der Waals surface area (Å²) in [6.45, 7) is 1.78. The molecule has 1 unspecified atom stereocenters. The first-order valence-electron chi connectivity index (χ1n) is 4.54. The Labute approximate surface area is 82.0 Å². The summed E-state index contributed by atoms with van der Waals surface area (Å²) >= 11 is 0. The summed E-state index contributed by atoms with van der Waals surface area (Å²) in [5, 5.41) is 8.96. The lowest BCUT2D eigenvalue weighted by Gasteiger charge is -2.12. The van der Waals surface area contributed by atoms with Crippen LogP contribution in [0.2, 0.25) is 0 Å². The van der Waals surface area contributed by atoms with Crippen molar-refractivity contribution in [2.75, 3.05) is 13.2 Å². The van der Waals surface area contributed by atoms with Gasteiger partial charge in [-0.05, 0) is 6.42 Å². The highest BCUT2D eigenvalue weighted by Gasteiger charge is 2.17. The third kappa shape index (κ3) is 2.05. The monoisotopic (exact) mass is 199 g/mol. The van der Waals surface area contributed by atoms with Crippen LogP contribution in [0.3, 0.4) is 0 Å². The summed E-state index contributed by atoms with van der Waals surface area (Å²) in [5.74, 6) is -0.886. The number of aryl methyl sites for hydroxylation is 1. The topological polar surface area (TPSA) is 72.0 Å². The van der Waals surface area contributed by atoms with Crippen LogP contribution in [0, 0.1) is 5.82 Å². The van der Waals surface area contributed by atoms with Gasteiger partial charge >= 0.3 is 0 Å². The summed E-state index contributed by atoms with van der Waals surface area (Å²) < 4.78 is 13.6. The SMILES string of the molecule is CCc1ncnc(C(CN)CO)c1F. The Balaban J connectivity index is 3.07. The first kappa shape index (κ1) is 11.0. The molecule has 1 atom stereocenters. The van der Waals surface area contributed by atoms with E-state index in [1.54, 1.807) is 0 Å². The highest BCUT2D eigenvalue weighted by molar-refractivity contribution is 5.16. The van der Waals surface area contributed by atoms with Crippen LogP contribution in [0.1, 0.15) is 24.2 Å². The predicted octanol–water partition coefficient (Wildman–Crippen LogP) is 0.213. The molecule has 1 heterocycles. The van der Waals surface area contributed by atoms with Gasteiger partial charge < -0.3 is 10.8 Å². The van der Waals surface area contributed by atoms with Crippen molar-refractivity contribution in [2.24, 2.45) is 5.73 Å². The van der Waals surface area contributed by atoms with Gasteiger partial charge in [-0.3, -0.25) is 0 Å². The Morgan fingerprint density at radius 2 is 2.29 bits per heavy atom. The van der Waals surface area contributed by atoms with Crippen LogP contribution in [0.5, 0.6) is 0 Å². The Bertz CT molecular complexity index is 302. The van der Waals surface area contributed by atoms with Crippen molar-refractivity contribution >= 4 is 0 Å². The van der Waals surface area contributed by atoms with Crippen LogP contribution in [0.25, 0.3) is 0 Å². The molecule has 3 N–H and O–H groups in total. The second-order valence-electron chi connectivity index (χ2n) is 2.99.